The van der Waals surface area contributed by atoms with Gasteiger partial charge in [0.2, 0.25) is 0 Å². The Hall–Kier alpha value is -0.450. The van der Waals surface area contributed by atoms with Crippen LogP contribution in [0.25, 0.3) is 0 Å². The van der Waals surface area contributed by atoms with Crippen molar-refractivity contribution >= 4 is 5.71 Å². The molecule has 1 saturated carbocycles. The number of hydrogen-bond donors (Lipinski definition) is 3. The summed E-state index contributed by atoms with van der Waals surface area (Å²) in [6, 6.07) is 0. The minimum Gasteiger partial charge on any atom is -0.390 e. The molecule has 1 fully saturated rings. The fraction of sp³-hybridized carbons (Fsp3) is 0.900. The van der Waals surface area contributed by atoms with Crippen LogP contribution in [0.3, 0.4) is 0 Å². The van der Waals surface area contributed by atoms with Crippen molar-refractivity contribution in [2.45, 2.75) is 50.9 Å². The van der Waals surface area contributed by atoms with E-state index in [1.54, 1.807) is 0 Å². The van der Waals surface area contributed by atoms with Gasteiger partial charge < -0.3 is 20.4 Å². The van der Waals surface area contributed by atoms with E-state index in [0.717, 1.165) is 25.7 Å². The average molecular weight is 201 g/mol. The maximum atomic E-state index is 9.43. The van der Waals surface area contributed by atoms with Crippen molar-refractivity contribution in [2.75, 3.05) is 6.61 Å². The normalized spacial score (nSPS) is 20.7. The van der Waals surface area contributed by atoms with Crippen LogP contribution in [-0.2, 0) is 4.74 Å². The van der Waals surface area contributed by atoms with E-state index in [-0.39, 0.29) is 24.8 Å². The maximum Gasteiger partial charge on any atom is 0.160 e. The molecule has 0 saturated heterocycles. The fourth-order valence-electron chi connectivity index (χ4n) is 1.75. The maximum absolute atomic E-state index is 9.43. The Morgan fingerprint density at radius 3 is 2.57 bits per heavy atom. The second-order valence-corrected chi connectivity index (χ2v) is 3.82. The first kappa shape index (κ1) is 11.6. The van der Waals surface area contributed by atoms with E-state index in [1.165, 1.54) is 6.42 Å². The number of ether oxygens (including phenoxy) is 1. The molecule has 0 aliphatic heterocycles. The smallest absolute Gasteiger partial charge is 0.160 e. The zero-order chi connectivity index (χ0) is 10.4. The molecule has 4 nitrogen and oxygen atoms in total. The van der Waals surface area contributed by atoms with Crippen LogP contribution in [0.1, 0.15) is 38.5 Å². The molecule has 3 N–H and O–H groups in total. The molecule has 1 aliphatic rings. The summed E-state index contributed by atoms with van der Waals surface area (Å²) < 4.78 is 5.37. The third-order valence-electron chi connectivity index (χ3n) is 2.51. The first-order chi connectivity index (χ1) is 6.72. The van der Waals surface area contributed by atoms with Crippen molar-refractivity contribution in [3.63, 3.8) is 0 Å². The molecule has 0 aromatic carbocycles. The van der Waals surface area contributed by atoms with E-state index in [9.17, 15) is 5.11 Å². The van der Waals surface area contributed by atoms with E-state index in [0.29, 0.717) is 0 Å². The van der Waals surface area contributed by atoms with Crippen molar-refractivity contribution in [3.8, 4) is 0 Å². The van der Waals surface area contributed by atoms with Gasteiger partial charge in [0.1, 0.15) is 0 Å². The third-order valence-corrected chi connectivity index (χ3v) is 2.51. The van der Waals surface area contributed by atoms with Crippen LogP contribution in [0.15, 0.2) is 0 Å². The van der Waals surface area contributed by atoms with Gasteiger partial charge in [-0.15, -0.1) is 0 Å². The lowest BCUT2D eigenvalue weighted by atomic mass is 9.98. The lowest BCUT2D eigenvalue weighted by Crippen LogP contribution is -2.26. The number of aliphatic hydroxyl groups excluding tert-OH is 2. The first-order valence-corrected chi connectivity index (χ1v) is 5.23. The van der Waals surface area contributed by atoms with Gasteiger partial charge in [-0.25, -0.2) is 0 Å². The third kappa shape index (κ3) is 4.17. The standard InChI is InChI=1S/C10H19NO3/c11-8(7-12)6-10(13)14-9-4-2-1-3-5-9/h9-13H,1-7H2. The number of hydrogen-bond acceptors (Lipinski definition) is 4. The van der Waals surface area contributed by atoms with E-state index in [2.05, 4.69) is 0 Å². The van der Waals surface area contributed by atoms with Crippen LogP contribution in [0, 0.1) is 5.41 Å². The van der Waals surface area contributed by atoms with Crippen LogP contribution in [0.5, 0.6) is 0 Å². The van der Waals surface area contributed by atoms with Crippen LogP contribution in [0.4, 0.5) is 0 Å². The molecule has 0 radical (unpaired) electrons. The highest BCUT2D eigenvalue weighted by atomic mass is 16.6. The van der Waals surface area contributed by atoms with Crippen LogP contribution in [0.2, 0.25) is 0 Å². The molecule has 1 aliphatic carbocycles. The van der Waals surface area contributed by atoms with Gasteiger partial charge in [0.25, 0.3) is 0 Å². The molecule has 14 heavy (non-hydrogen) atoms. The SMILES string of the molecule is N=C(CO)CC(O)OC1CCCCC1. The lowest BCUT2D eigenvalue weighted by Gasteiger charge is -2.24. The number of aliphatic hydroxyl groups is 2. The molecule has 0 bridgehead atoms. The molecule has 0 amide bonds. The largest absolute Gasteiger partial charge is 0.390 e. The molecular formula is C10H19NO3. The van der Waals surface area contributed by atoms with Crippen LogP contribution >= 0.6 is 0 Å². The van der Waals surface area contributed by atoms with Crippen molar-refractivity contribution in [1.82, 2.24) is 0 Å². The zero-order valence-electron chi connectivity index (χ0n) is 8.41. The Morgan fingerprint density at radius 2 is 2.00 bits per heavy atom. The van der Waals surface area contributed by atoms with Gasteiger partial charge >= 0.3 is 0 Å². The van der Waals surface area contributed by atoms with E-state index >= 15 is 0 Å². The fourth-order valence-corrected chi connectivity index (χ4v) is 1.75. The predicted octanol–water partition coefficient (Wildman–Crippen LogP) is 1.06. The van der Waals surface area contributed by atoms with E-state index in [4.69, 9.17) is 15.3 Å². The van der Waals surface area contributed by atoms with Gasteiger partial charge in [0.05, 0.1) is 12.7 Å². The summed E-state index contributed by atoms with van der Waals surface area (Å²) in [5.74, 6) is 0. The molecule has 0 aromatic rings. The molecule has 0 heterocycles. The summed E-state index contributed by atoms with van der Waals surface area (Å²) in [6.45, 7) is -0.301. The molecule has 4 heteroatoms. The first-order valence-electron chi connectivity index (χ1n) is 5.23. The van der Waals surface area contributed by atoms with Gasteiger partial charge in [-0.1, -0.05) is 19.3 Å². The van der Waals surface area contributed by atoms with Crippen molar-refractivity contribution in [1.29, 1.82) is 5.41 Å². The zero-order valence-corrected chi connectivity index (χ0v) is 8.41. The molecule has 82 valence electrons. The molecular weight excluding hydrogens is 182 g/mol. The number of rotatable bonds is 5. The molecule has 1 rings (SSSR count). The molecule has 0 aromatic heterocycles. The summed E-state index contributed by atoms with van der Waals surface area (Å²) in [4.78, 5) is 0. The van der Waals surface area contributed by atoms with Crippen LogP contribution < -0.4 is 0 Å². The minimum atomic E-state index is -0.919. The highest BCUT2D eigenvalue weighted by molar-refractivity contribution is 5.82. The Bertz CT molecular complexity index is 178. The highest BCUT2D eigenvalue weighted by Gasteiger charge is 2.18. The van der Waals surface area contributed by atoms with Gasteiger partial charge in [-0.05, 0) is 12.8 Å². The topological polar surface area (TPSA) is 73.5 Å². The lowest BCUT2D eigenvalue weighted by molar-refractivity contribution is -0.138. The van der Waals surface area contributed by atoms with Gasteiger partial charge in [0, 0.05) is 12.1 Å². The second-order valence-electron chi connectivity index (χ2n) is 3.82. The van der Waals surface area contributed by atoms with Crippen molar-refractivity contribution < 1.29 is 14.9 Å². The van der Waals surface area contributed by atoms with Crippen molar-refractivity contribution in [2.24, 2.45) is 0 Å². The number of nitrogens with one attached hydrogen (secondary N) is 1. The van der Waals surface area contributed by atoms with Gasteiger partial charge in [-0.2, -0.15) is 0 Å². The predicted molar refractivity (Wildman–Crippen MR) is 53.4 cm³/mol. The Morgan fingerprint density at radius 1 is 1.36 bits per heavy atom. The Balaban J connectivity index is 2.18. The molecule has 1 unspecified atom stereocenters. The molecule has 1 atom stereocenters. The highest BCUT2D eigenvalue weighted by Crippen LogP contribution is 2.21. The summed E-state index contributed by atoms with van der Waals surface area (Å²) >= 11 is 0. The Labute approximate surface area is 84.4 Å². The van der Waals surface area contributed by atoms with Gasteiger partial charge in [-0.3, -0.25) is 0 Å². The summed E-state index contributed by atoms with van der Waals surface area (Å²) in [5, 5.41) is 25.2. The summed E-state index contributed by atoms with van der Waals surface area (Å²) in [6.07, 6.45) is 4.93. The van der Waals surface area contributed by atoms with Gasteiger partial charge in [0.15, 0.2) is 6.29 Å². The monoisotopic (exact) mass is 201 g/mol. The quantitative estimate of drug-likeness (QED) is 0.460. The van der Waals surface area contributed by atoms with Crippen molar-refractivity contribution in [3.05, 3.63) is 0 Å². The summed E-state index contributed by atoms with van der Waals surface area (Å²) in [7, 11) is 0. The van der Waals surface area contributed by atoms with E-state index < -0.39 is 6.29 Å². The van der Waals surface area contributed by atoms with E-state index in [1.807, 2.05) is 0 Å². The minimum absolute atomic E-state index is 0.118. The summed E-state index contributed by atoms with van der Waals surface area (Å²) in [5.41, 5.74) is 0.119. The average Bonchev–Trinajstić information content (AvgIpc) is 2.19. The second kappa shape index (κ2) is 6.11. The molecule has 0 spiro atoms. The Kier molecular flexibility index (Phi) is 5.07. The van der Waals surface area contributed by atoms with Crippen LogP contribution in [-0.4, -0.2) is 34.9 Å².